The summed E-state index contributed by atoms with van der Waals surface area (Å²) in [5.41, 5.74) is -0.484. The van der Waals surface area contributed by atoms with Gasteiger partial charge in [0.2, 0.25) is 5.91 Å². The fourth-order valence-corrected chi connectivity index (χ4v) is 6.35. The zero-order valence-corrected chi connectivity index (χ0v) is 37.6. The van der Waals surface area contributed by atoms with Crippen molar-refractivity contribution >= 4 is 17.7 Å². The van der Waals surface area contributed by atoms with Crippen molar-refractivity contribution in [3.8, 4) is 0 Å². The number of rotatable bonds is 34. The zero-order chi connectivity index (χ0) is 43.7. The first-order chi connectivity index (χ1) is 30.0. The van der Waals surface area contributed by atoms with E-state index in [0.717, 1.165) is 116 Å². The van der Waals surface area contributed by atoms with Crippen molar-refractivity contribution in [3.63, 3.8) is 0 Å². The molecule has 2 heterocycles. The summed E-state index contributed by atoms with van der Waals surface area (Å²) in [6, 6.07) is 1.62. The molecule has 8 nitrogen and oxygen atoms in total. The molecule has 334 valence electrons. The Labute approximate surface area is 368 Å². The van der Waals surface area contributed by atoms with E-state index in [1.807, 2.05) is 0 Å². The first-order valence-electron chi connectivity index (χ1n) is 23.2. The Kier molecular flexibility index (Phi) is 32.7. The Morgan fingerprint density at radius 3 is 1.52 bits per heavy atom. The van der Waals surface area contributed by atoms with Gasteiger partial charge in [-0.2, -0.15) is 4.98 Å². The topological polar surface area (TPSA) is 99.5 Å². The number of hydrogen-bond acceptors (Lipinski definition) is 6. The summed E-state index contributed by atoms with van der Waals surface area (Å²) < 4.78 is 12.9. The van der Waals surface area contributed by atoms with E-state index in [1.54, 1.807) is 12.3 Å². The molecular weight excluding hydrogens is 759 g/mol. The van der Waals surface area contributed by atoms with Crippen LogP contribution in [0.1, 0.15) is 161 Å². The van der Waals surface area contributed by atoms with Crippen LogP contribution in [0.25, 0.3) is 0 Å². The highest BCUT2D eigenvalue weighted by Gasteiger charge is 2.28. The zero-order valence-electron chi connectivity index (χ0n) is 37.6. The highest BCUT2D eigenvalue weighted by atomic mass is 16.6. The smallest absolute Gasteiger partial charge is 0.351 e. The Morgan fingerprint density at radius 1 is 0.623 bits per heavy atom. The molecule has 1 saturated heterocycles. The van der Waals surface area contributed by atoms with Crippen LogP contribution in [0, 0.1) is 0 Å². The van der Waals surface area contributed by atoms with Crippen molar-refractivity contribution in [2.24, 2.45) is 0 Å². The van der Waals surface area contributed by atoms with Crippen LogP contribution in [0.5, 0.6) is 0 Å². The number of hydrogen-bond donors (Lipinski definition) is 1. The molecule has 1 aliphatic heterocycles. The molecule has 8 heteroatoms. The number of amides is 1. The number of aromatic nitrogens is 2. The Hall–Kier alpha value is -4.82. The number of carbonyl (C=O) groups is 2. The second-order valence-electron chi connectivity index (χ2n) is 15.1. The number of nitrogens with one attached hydrogen (secondary N) is 1. The molecule has 61 heavy (non-hydrogen) atoms. The van der Waals surface area contributed by atoms with Gasteiger partial charge in [0.15, 0.2) is 0 Å². The molecule has 1 aliphatic rings. The van der Waals surface area contributed by atoms with E-state index < -0.39 is 11.9 Å². The maximum absolute atomic E-state index is 12.8. The van der Waals surface area contributed by atoms with Crippen LogP contribution < -0.4 is 11.0 Å². The maximum Gasteiger partial charge on any atom is 0.351 e. The third-order valence-electron chi connectivity index (χ3n) is 9.76. The first-order valence-corrected chi connectivity index (χ1v) is 23.2. The van der Waals surface area contributed by atoms with Gasteiger partial charge in [0, 0.05) is 19.0 Å². The number of ether oxygens (including phenoxy) is 2. The average Bonchev–Trinajstić information content (AvgIpc) is 3.73. The predicted octanol–water partition coefficient (Wildman–Crippen LogP) is 13.8. The summed E-state index contributed by atoms with van der Waals surface area (Å²) in [4.78, 5) is 41.6. The number of anilines is 1. The molecular formula is C53H77N3O5. The van der Waals surface area contributed by atoms with Crippen molar-refractivity contribution in [1.29, 1.82) is 0 Å². The average molecular weight is 836 g/mol. The first kappa shape index (κ1) is 52.3. The SMILES string of the molecule is CCC=CCC=CCC=CCC=CCC=CCCCCCC(=O)Nc1ccn(C2CCC(COC(=O)CCCCCC=CCC=CCC=CCC=CCC=CCC)O2)c(=O)n1. The molecule has 0 aliphatic carbocycles. The number of unbranched alkanes of at least 4 members (excludes halogenated alkanes) is 6. The molecule has 0 bridgehead atoms. The molecule has 1 amide bonds. The molecule has 0 spiro atoms. The minimum Gasteiger partial charge on any atom is -0.463 e. The van der Waals surface area contributed by atoms with Crippen molar-refractivity contribution in [2.45, 2.75) is 167 Å². The Balaban J connectivity index is 1.48. The highest BCUT2D eigenvalue weighted by molar-refractivity contribution is 5.89. The second kappa shape index (κ2) is 38.1. The highest BCUT2D eigenvalue weighted by Crippen LogP contribution is 2.27. The Bertz CT molecular complexity index is 1670. The van der Waals surface area contributed by atoms with E-state index in [2.05, 4.69) is 146 Å². The quantitative estimate of drug-likeness (QED) is 0.0422. The Morgan fingerprint density at radius 2 is 1.07 bits per heavy atom. The van der Waals surface area contributed by atoms with Gasteiger partial charge in [0.25, 0.3) is 0 Å². The maximum atomic E-state index is 12.8. The van der Waals surface area contributed by atoms with Crippen molar-refractivity contribution in [3.05, 3.63) is 144 Å². The summed E-state index contributed by atoms with van der Waals surface area (Å²) in [5.74, 6) is -0.124. The van der Waals surface area contributed by atoms with Crippen LogP contribution in [0.4, 0.5) is 5.82 Å². The van der Waals surface area contributed by atoms with E-state index >= 15 is 0 Å². The van der Waals surface area contributed by atoms with E-state index in [1.165, 1.54) is 4.57 Å². The van der Waals surface area contributed by atoms with Gasteiger partial charge in [-0.1, -0.05) is 148 Å². The summed E-state index contributed by atoms with van der Waals surface area (Å²) in [6.07, 6.45) is 64.5. The van der Waals surface area contributed by atoms with Crippen molar-refractivity contribution < 1.29 is 19.1 Å². The third kappa shape index (κ3) is 30.0. The minimum atomic E-state index is -0.484. The van der Waals surface area contributed by atoms with E-state index in [0.29, 0.717) is 25.7 Å². The summed E-state index contributed by atoms with van der Waals surface area (Å²) in [7, 11) is 0. The molecule has 2 unspecified atom stereocenters. The lowest BCUT2D eigenvalue weighted by molar-refractivity contribution is -0.148. The normalized spacial score (nSPS) is 16.4. The second-order valence-corrected chi connectivity index (χ2v) is 15.1. The molecule has 0 radical (unpaired) electrons. The van der Waals surface area contributed by atoms with E-state index in [9.17, 15) is 14.4 Å². The fraction of sp³-hybridized carbons (Fsp3) is 0.509. The van der Waals surface area contributed by atoms with Crippen LogP contribution in [-0.2, 0) is 19.1 Å². The predicted molar refractivity (Wildman–Crippen MR) is 256 cm³/mol. The van der Waals surface area contributed by atoms with E-state index in [4.69, 9.17) is 9.47 Å². The summed E-state index contributed by atoms with van der Waals surface area (Å²) >= 11 is 0. The summed E-state index contributed by atoms with van der Waals surface area (Å²) in [5, 5.41) is 2.75. The fourth-order valence-electron chi connectivity index (χ4n) is 6.35. The molecule has 1 fully saturated rings. The molecule has 2 atom stereocenters. The lowest BCUT2D eigenvalue weighted by atomic mass is 10.1. The van der Waals surface area contributed by atoms with Gasteiger partial charge < -0.3 is 14.8 Å². The number of allylic oxidation sites excluding steroid dienone is 20. The standard InChI is InChI=1S/C53H77N3O5/c1-3-5-7-9-11-13-15-17-19-21-23-25-27-29-31-33-35-37-39-41-50(57)54-49-45-46-56(53(59)55-49)51-44-43-48(61-51)47-60-52(58)42-40-38-36-34-32-30-28-26-24-22-20-18-16-14-12-10-8-6-4-2/h5-8,11-14,17-20,23-26,29-32,45-46,48,51H,3-4,9-10,15-16,21-22,27-28,33-44,47H2,1-2H3,(H,54,55,57,59). The van der Waals surface area contributed by atoms with Gasteiger partial charge in [0.05, 0.1) is 6.10 Å². The largest absolute Gasteiger partial charge is 0.463 e. The van der Waals surface area contributed by atoms with E-state index in [-0.39, 0.29) is 30.4 Å². The van der Waals surface area contributed by atoms with Crippen LogP contribution in [0.15, 0.2) is 139 Å². The molecule has 1 N–H and O–H groups in total. The van der Waals surface area contributed by atoms with Crippen LogP contribution in [0.3, 0.4) is 0 Å². The molecule has 0 saturated carbocycles. The summed E-state index contributed by atoms with van der Waals surface area (Å²) in [6.45, 7) is 4.47. The molecule has 0 aromatic carbocycles. The third-order valence-corrected chi connectivity index (χ3v) is 9.76. The monoisotopic (exact) mass is 836 g/mol. The number of carbonyl (C=O) groups excluding carboxylic acids is 2. The molecule has 1 aromatic rings. The van der Waals surface area contributed by atoms with Crippen molar-refractivity contribution in [1.82, 2.24) is 9.55 Å². The van der Waals surface area contributed by atoms with Crippen molar-refractivity contribution in [2.75, 3.05) is 11.9 Å². The van der Waals surface area contributed by atoms with Crippen LogP contribution in [-0.4, -0.2) is 34.1 Å². The van der Waals surface area contributed by atoms with Crippen LogP contribution >= 0.6 is 0 Å². The number of nitrogens with zero attached hydrogens (tertiary/aromatic N) is 2. The molecule has 1 aromatic heterocycles. The van der Waals surface area contributed by atoms with Gasteiger partial charge in [-0.15, -0.1) is 0 Å². The van der Waals surface area contributed by atoms with Gasteiger partial charge in [-0.25, -0.2) is 4.79 Å². The van der Waals surface area contributed by atoms with Crippen LogP contribution in [0.2, 0.25) is 0 Å². The lowest BCUT2D eigenvalue weighted by Gasteiger charge is -2.16. The van der Waals surface area contributed by atoms with Gasteiger partial charge in [-0.05, 0) is 122 Å². The number of esters is 1. The van der Waals surface area contributed by atoms with Gasteiger partial charge in [-0.3, -0.25) is 14.2 Å². The minimum absolute atomic E-state index is 0.149. The van der Waals surface area contributed by atoms with Gasteiger partial charge in [0.1, 0.15) is 18.7 Å². The van der Waals surface area contributed by atoms with Gasteiger partial charge >= 0.3 is 11.7 Å². The lowest BCUT2D eigenvalue weighted by Crippen LogP contribution is -2.29. The molecule has 2 rings (SSSR count).